The number of carbonyl (C=O) groups is 1. The average molecular weight is 265 g/mol. The molecule has 0 spiro atoms. The number of rotatable bonds is 2. The van der Waals surface area contributed by atoms with Crippen LogP contribution in [0.25, 0.3) is 0 Å². The number of amides is 1. The molecule has 7 heteroatoms. The van der Waals surface area contributed by atoms with Crippen molar-refractivity contribution in [3.05, 3.63) is 16.3 Å². The standard InChI is InChI=1S/C12H19N5O2/c18-11(15-5-2-1-3-6-15)9-17-12(19)16-7-4-13-8-10(16)14-17/h13H,1-9H2. The number of hydrogen-bond donors (Lipinski definition) is 1. The Morgan fingerprint density at radius 3 is 2.74 bits per heavy atom. The average Bonchev–Trinajstić information content (AvgIpc) is 2.77. The molecule has 104 valence electrons. The predicted octanol–water partition coefficient (Wildman–Crippen LogP) is -0.839. The number of likely N-dealkylation sites (tertiary alicyclic amines) is 1. The molecule has 0 radical (unpaired) electrons. The van der Waals surface area contributed by atoms with Crippen molar-refractivity contribution in [3.63, 3.8) is 0 Å². The number of hydrogen-bond acceptors (Lipinski definition) is 4. The van der Waals surface area contributed by atoms with E-state index in [0.717, 1.165) is 38.3 Å². The molecule has 1 amide bonds. The second kappa shape index (κ2) is 5.16. The van der Waals surface area contributed by atoms with Gasteiger partial charge in [-0.2, -0.15) is 5.10 Å². The minimum atomic E-state index is -0.165. The smallest absolute Gasteiger partial charge is 0.341 e. The van der Waals surface area contributed by atoms with Crippen molar-refractivity contribution in [3.8, 4) is 0 Å². The molecule has 3 heterocycles. The van der Waals surface area contributed by atoms with E-state index in [2.05, 4.69) is 10.4 Å². The van der Waals surface area contributed by atoms with Crippen LogP contribution < -0.4 is 11.0 Å². The van der Waals surface area contributed by atoms with E-state index in [4.69, 9.17) is 0 Å². The zero-order chi connectivity index (χ0) is 13.2. The van der Waals surface area contributed by atoms with E-state index in [-0.39, 0.29) is 18.1 Å². The van der Waals surface area contributed by atoms with Gasteiger partial charge in [0.15, 0.2) is 0 Å². The number of nitrogens with zero attached hydrogens (tertiary/aromatic N) is 4. The minimum Gasteiger partial charge on any atom is -0.341 e. The molecule has 7 nitrogen and oxygen atoms in total. The first-order valence-corrected chi connectivity index (χ1v) is 6.91. The van der Waals surface area contributed by atoms with Gasteiger partial charge in [0.1, 0.15) is 12.4 Å². The van der Waals surface area contributed by atoms with Gasteiger partial charge in [0, 0.05) is 26.2 Å². The molecule has 1 N–H and O–H groups in total. The molecule has 0 aliphatic carbocycles. The lowest BCUT2D eigenvalue weighted by Crippen LogP contribution is -2.40. The van der Waals surface area contributed by atoms with Gasteiger partial charge in [-0.3, -0.25) is 9.36 Å². The first-order chi connectivity index (χ1) is 9.25. The fourth-order valence-electron chi connectivity index (χ4n) is 2.71. The lowest BCUT2D eigenvalue weighted by Gasteiger charge is -2.26. The molecule has 1 saturated heterocycles. The van der Waals surface area contributed by atoms with E-state index >= 15 is 0 Å². The molecule has 1 aromatic rings. The van der Waals surface area contributed by atoms with Crippen molar-refractivity contribution in [2.75, 3.05) is 19.6 Å². The van der Waals surface area contributed by atoms with E-state index in [1.54, 1.807) is 4.57 Å². The monoisotopic (exact) mass is 265 g/mol. The van der Waals surface area contributed by atoms with Gasteiger partial charge in [-0.05, 0) is 19.3 Å². The van der Waals surface area contributed by atoms with Gasteiger partial charge in [0.2, 0.25) is 5.91 Å². The maximum atomic E-state index is 12.1. The topological polar surface area (TPSA) is 72.2 Å². The molecule has 0 bridgehead atoms. The van der Waals surface area contributed by atoms with Gasteiger partial charge in [-0.1, -0.05) is 0 Å². The highest BCUT2D eigenvalue weighted by Gasteiger charge is 2.21. The van der Waals surface area contributed by atoms with Gasteiger partial charge in [-0.25, -0.2) is 9.48 Å². The van der Waals surface area contributed by atoms with Crippen molar-refractivity contribution < 1.29 is 4.79 Å². The van der Waals surface area contributed by atoms with Crippen LogP contribution in [-0.2, 0) is 24.4 Å². The summed E-state index contributed by atoms with van der Waals surface area (Å²) in [6.07, 6.45) is 3.31. The lowest BCUT2D eigenvalue weighted by molar-refractivity contribution is -0.133. The highest BCUT2D eigenvalue weighted by Crippen LogP contribution is 2.09. The summed E-state index contributed by atoms with van der Waals surface area (Å²) in [5, 5.41) is 7.41. The Labute approximate surface area is 111 Å². The molecule has 2 aliphatic rings. The molecule has 19 heavy (non-hydrogen) atoms. The molecule has 0 saturated carbocycles. The molecule has 2 aliphatic heterocycles. The molecule has 3 rings (SSSR count). The molecule has 0 aromatic carbocycles. The largest absolute Gasteiger partial charge is 0.346 e. The summed E-state index contributed by atoms with van der Waals surface area (Å²) in [5.41, 5.74) is -0.165. The summed E-state index contributed by atoms with van der Waals surface area (Å²) in [6, 6.07) is 0. The van der Waals surface area contributed by atoms with Gasteiger partial charge in [0.25, 0.3) is 0 Å². The van der Waals surface area contributed by atoms with Gasteiger partial charge < -0.3 is 10.2 Å². The van der Waals surface area contributed by atoms with Crippen LogP contribution in [0.5, 0.6) is 0 Å². The molecule has 1 fully saturated rings. The Balaban J connectivity index is 1.74. The maximum absolute atomic E-state index is 12.1. The van der Waals surface area contributed by atoms with Crippen molar-refractivity contribution in [1.82, 2.24) is 24.6 Å². The first-order valence-electron chi connectivity index (χ1n) is 6.91. The fraction of sp³-hybridized carbons (Fsp3) is 0.750. The Kier molecular flexibility index (Phi) is 3.37. The summed E-state index contributed by atoms with van der Waals surface area (Å²) < 4.78 is 2.96. The van der Waals surface area contributed by atoms with E-state index in [1.807, 2.05) is 4.90 Å². The fourth-order valence-corrected chi connectivity index (χ4v) is 2.71. The predicted molar refractivity (Wildman–Crippen MR) is 68.6 cm³/mol. The van der Waals surface area contributed by atoms with E-state index in [9.17, 15) is 9.59 Å². The van der Waals surface area contributed by atoms with Crippen LogP contribution >= 0.6 is 0 Å². The number of piperidine rings is 1. The van der Waals surface area contributed by atoms with Crippen LogP contribution in [0.1, 0.15) is 25.1 Å². The quantitative estimate of drug-likeness (QED) is 0.757. The van der Waals surface area contributed by atoms with Gasteiger partial charge in [0.05, 0.1) is 6.54 Å². The van der Waals surface area contributed by atoms with Crippen LogP contribution in [0.2, 0.25) is 0 Å². The van der Waals surface area contributed by atoms with Crippen LogP contribution in [0.4, 0.5) is 0 Å². The number of aromatic nitrogens is 3. The van der Waals surface area contributed by atoms with Crippen molar-refractivity contribution >= 4 is 5.91 Å². The Morgan fingerprint density at radius 2 is 2.00 bits per heavy atom. The lowest BCUT2D eigenvalue weighted by atomic mass is 10.1. The molecule has 1 aromatic heterocycles. The number of nitrogens with one attached hydrogen (secondary N) is 1. The maximum Gasteiger partial charge on any atom is 0.346 e. The molecule has 0 unspecified atom stereocenters. The minimum absolute atomic E-state index is 0.00482. The second-order valence-electron chi connectivity index (χ2n) is 5.13. The highest BCUT2D eigenvalue weighted by atomic mass is 16.2. The Hall–Kier alpha value is -1.63. The third kappa shape index (κ3) is 2.42. The number of carbonyl (C=O) groups excluding carboxylic acids is 1. The zero-order valence-electron chi connectivity index (χ0n) is 11.0. The van der Waals surface area contributed by atoms with Crippen LogP contribution in [-0.4, -0.2) is 44.8 Å². The third-order valence-corrected chi connectivity index (χ3v) is 3.79. The summed E-state index contributed by atoms with van der Waals surface area (Å²) in [5.74, 6) is 0.730. The van der Waals surface area contributed by atoms with E-state index in [0.29, 0.717) is 13.1 Å². The first kappa shape index (κ1) is 12.4. The third-order valence-electron chi connectivity index (χ3n) is 3.79. The normalized spacial score (nSPS) is 19.3. The molecular weight excluding hydrogens is 246 g/mol. The summed E-state index contributed by atoms with van der Waals surface area (Å²) in [6.45, 7) is 3.69. The Bertz CT molecular complexity index is 527. The highest BCUT2D eigenvalue weighted by molar-refractivity contribution is 5.75. The SMILES string of the molecule is O=C(Cn1nc2n(c1=O)CCNC2)N1CCCCC1. The summed E-state index contributed by atoms with van der Waals surface area (Å²) in [7, 11) is 0. The van der Waals surface area contributed by atoms with Crippen molar-refractivity contribution in [2.45, 2.75) is 38.9 Å². The summed E-state index contributed by atoms with van der Waals surface area (Å²) >= 11 is 0. The second-order valence-corrected chi connectivity index (χ2v) is 5.13. The van der Waals surface area contributed by atoms with E-state index in [1.165, 1.54) is 11.1 Å². The van der Waals surface area contributed by atoms with Gasteiger partial charge in [-0.15, -0.1) is 0 Å². The Morgan fingerprint density at radius 1 is 1.21 bits per heavy atom. The summed E-state index contributed by atoms with van der Waals surface area (Å²) in [4.78, 5) is 26.1. The number of fused-ring (bicyclic) bond motifs is 1. The van der Waals surface area contributed by atoms with Crippen molar-refractivity contribution in [2.24, 2.45) is 0 Å². The van der Waals surface area contributed by atoms with E-state index < -0.39 is 0 Å². The van der Waals surface area contributed by atoms with Crippen LogP contribution in [0, 0.1) is 0 Å². The zero-order valence-corrected chi connectivity index (χ0v) is 11.0. The molecular formula is C12H19N5O2. The molecule has 0 atom stereocenters. The van der Waals surface area contributed by atoms with Crippen LogP contribution in [0.3, 0.4) is 0 Å². The van der Waals surface area contributed by atoms with Crippen molar-refractivity contribution in [1.29, 1.82) is 0 Å². The van der Waals surface area contributed by atoms with Crippen LogP contribution in [0.15, 0.2) is 4.79 Å². The van der Waals surface area contributed by atoms with Gasteiger partial charge >= 0.3 is 5.69 Å².